The van der Waals surface area contributed by atoms with Gasteiger partial charge in [-0.3, -0.25) is 0 Å². The molecule has 0 saturated carbocycles. The minimum Gasteiger partial charge on any atom is -0.324 e. The fourth-order valence-electron chi connectivity index (χ4n) is 1.56. The summed E-state index contributed by atoms with van der Waals surface area (Å²) in [5.41, 5.74) is 5.58. The highest BCUT2D eigenvalue weighted by Gasteiger charge is 2.31. The third-order valence-electron chi connectivity index (χ3n) is 2.60. The van der Waals surface area contributed by atoms with Crippen molar-refractivity contribution in [3.63, 3.8) is 0 Å². The molecule has 0 amide bonds. The molecule has 1 nitrogen and oxygen atoms in total. The van der Waals surface area contributed by atoms with Gasteiger partial charge in [0.2, 0.25) is 0 Å². The normalized spacial score (nSPS) is 13.4. The van der Waals surface area contributed by atoms with E-state index in [1.807, 2.05) is 0 Å². The van der Waals surface area contributed by atoms with E-state index in [4.69, 9.17) is 5.73 Å². The molecule has 0 aliphatic carbocycles. The van der Waals surface area contributed by atoms with Crippen molar-refractivity contribution in [3.8, 4) is 0 Å². The average Bonchev–Trinajstić information content (AvgIpc) is 2.24. The maximum absolute atomic E-state index is 13.5. The Kier molecular flexibility index (Phi) is 4.51. The fourth-order valence-corrected chi connectivity index (χ4v) is 1.56. The van der Waals surface area contributed by atoms with E-state index in [2.05, 4.69) is 6.58 Å². The number of nitrogens with two attached hydrogens (primary N) is 1. The smallest absolute Gasteiger partial charge is 0.324 e. The predicted molar refractivity (Wildman–Crippen MR) is 62.4 cm³/mol. The van der Waals surface area contributed by atoms with Crippen molar-refractivity contribution in [2.75, 3.05) is 0 Å². The summed E-state index contributed by atoms with van der Waals surface area (Å²) in [5.74, 6) is -0.711. The molecule has 1 rings (SSSR count). The molecular formula is C13H15F4N. The molecule has 0 aliphatic rings. The highest BCUT2D eigenvalue weighted by Crippen LogP contribution is 2.32. The molecule has 0 fully saturated rings. The summed E-state index contributed by atoms with van der Waals surface area (Å²) in [6.07, 6.45) is -3.57. The molecule has 0 saturated heterocycles. The van der Waals surface area contributed by atoms with Crippen LogP contribution in [0.4, 0.5) is 17.6 Å². The lowest BCUT2D eigenvalue weighted by molar-refractivity contribution is -0.137. The molecule has 0 radical (unpaired) electrons. The van der Waals surface area contributed by atoms with Crippen LogP contribution in [0.3, 0.4) is 0 Å². The van der Waals surface area contributed by atoms with Crippen LogP contribution in [0, 0.1) is 5.82 Å². The van der Waals surface area contributed by atoms with E-state index in [1.165, 1.54) is 0 Å². The molecule has 5 heteroatoms. The minimum absolute atomic E-state index is 0.105. The molecule has 18 heavy (non-hydrogen) atoms. The molecule has 0 spiro atoms. The number of hydrogen-bond acceptors (Lipinski definition) is 1. The molecule has 0 aromatic heterocycles. The Morgan fingerprint density at radius 1 is 1.39 bits per heavy atom. The summed E-state index contributed by atoms with van der Waals surface area (Å²) in [6.45, 7) is 5.46. The van der Waals surface area contributed by atoms with E-state index in [1.54, 1.807) is 6.92 Å². The standard InChI is InChI=1S/C13H15F4N/c1-8(2)3-6-12(18)10-7-9(13(15,16)17)4-5-11(10)14/h4-5,7,12H,1,3,6,18H2,2H3. The second-order valence-corrected chi connectivity index (χ2v) is 4.34. The van der Waals surface area contributed by atoms with E-state index in [0.717, 1.165) is 17.7 Å². The van der Waals surface area contributed by atoms with Crippen molar-refractivity contribution in [2.45, 2.75) is 32.0 Å². The van der Waals surface area contributed by atoms with Gasteiger partial charge in [-0.25, -0.2) is 4.39 Å². The van der Waals surface area contributed by atoms with Crippen LogP contribution in [-0.2, 0) is 6.18 Å². The van der Waals surface area contributed by atoms with Gasteiger partial charge in [-0.05, 0) is 38.0 Å². The lowest BCUT2D eigenvalue weighted by atomic mass is 9.98. The highest BCUT2D eigenvalue weighted by atomic mass is 19.4. The van der Waals surface area contributed by atoms with Crippen molar-refractivity contribution in [2.24, 2.45) is 5.73 Å². The Morgan fingerprint density at radius 2 is 2.00 bits per heavy atom. The van der Waals surface area contributed by atoms with Gasteiger partial charge in [0, 0.05) is 11.6 Å². The molecule has 1 unspecified atom stereocenters. The zero-order chi connectivity index (χ0) is 13.9. The van der Waals surface area contributed by atoms with Crippen molar-refractivity contribution in [1.82, 2.24) is 0 Å². The van der Waals surface area contributed by atoms with E-state index in [0.29, 0.717) is 18.9 Å². The molecular weight excluding hydrogens is 246 g/mol. The summed E-state index contributed by atoms with van der Waals surface area (Å²) in [7, 11) is 0. The van der Waals surface area contributed by atoms with Crippen LogP contribution in [0.2, 0.25) is 0 Å². The first kappa shape index (κ1) is 14.7. The van der Waals surface area contributed by atoms with Crippen LogP contribution in [0.15, 0.2) is 30.4 Å². The van der Waals surface area contributed by atoms with Crippen LogP contribution >= 0.6 is 0 Å². The monoisotopic (exact) mass is 261 g/mol. The minimum atomic E-state index is -4.49. The molecule has 1 aromatic carbocycles. The van der Waals surface area contributed by atoms with Crippen molar-refractivity contribution < 1.29 is 17.6 Å². The number of benzene rings is 1. The summed E-state index contributed by atoms with van der Waals surface area (Å²) in [6, 6.07) is 1.53. The van der Waals surface area contributed by atoms with Gasteiger partial charge in [0.15, 0.2) is 0 Å². The van der Waals surface area contributed by atoms with Crippen LogP contribution < -0.4 is 5.73 Å². The van der Waals surface area contributed by atoms with Crippen molar-refractivity contribution >= 4 is 0 Å². The van der Waals surface area contributed by atoms with Crippen LogP contribution in [-0.4, -0.2) is 0 Å². The maximum atomic E-state index is 13.5. The summed E-state index contributed by atoms with van der Waals surface area (Å²) in [4.78, 5) is 0. The molecule has 1 aromatic rings. The average molecular weight is 261 g/mol. The Bertz CT molecular complexity index is 437. The van der Waals surface area contributed by atoms with Crippen LogP contribution in [0.1, 0.15) is 36.9 Å². The predicted octanol–water partition coefficient (Wildman–Crippen LogP) is 4.20. The topological polar surface area (TPSA) is 26.0 Å². The number of rotatable bonds is 4. The Morgan fingerprint density at radius 3 is 2.50 bits per heavy atom. The molecule has 1 atom stereocenters. The van der Waals surface area contributed by atoms with Gasteiger partial charge in [-0.1, -0.05) is 5.57 Å². The summed E-state index contributed by atoms with van der Waals surface area (Å²) >= 11 is 0. The van der Waals surface area contributed by atoms with Gasteiger partial charge in [0.1, 0.15) is 5.82 Å². The zero-order valence-electron chi connectivity index (χ0n) is 10.0. The van der Waals surface area contributed by atoms with Crippen molar-refractivity contribution in [3.05, 3.63) is 47.3 Å². The van der Waals surface area contributed by atoms with E-state index in [-0.39, 0.29) is 5.56 Å². The lowest BCUT2D eigenvalue weighted by Gasteiger charge is -2.15. The van der Waals surface area contributed by atoms with Crippen LogP contribution in [0.5, 0.6) is 0 Å². The third kappa shape index (κ3) is 3.84. The third-order valence-corrected chi connectivity index (χ3v) is 2.60. The van der Waals surface area contributed by atoms with Gasteiger partial charge in [0.25, 0.3) is 0 Å². The number of allylic oxidation sites excluding steroid dienone is 1. The fraction of sp³-hybridized carbons (Fsp3) is 0.385. The first-order valence-electron chi connectivity index (χ1n) is 5.48. The van der Waals surface area contributed by atoms with Crippen LogP contribution in [0.25, 0.3) is 0 Å². The van der Waals surface area contributed by atoms with Gasteiger partial charge >= 0.3 is 6.18 Å². The Balaban J connectivity index is 2.97. The van der Waals surface area contributed by atoms with Crippen molar-refractivity contribution in [1.29, 1.82) is 0 Å². The molecule has 100 valence electrons. The zero-order valence-corrected chi connectivity index (χ0v) is 10.0. The quantitative estimate of drug-likeness (QED) is 0.638. The molecule has 0 bridgehead atoms. The van der Waals surface area contributed by atoms with Gasteiger partial charge in [-0.2, -0.15) is 13.2 Å². The number of halogens is 4. The maximum Gasteiger partial charge on any atom is 0.416 e. The molecule has 0 heterocycles. The van der Waals surface area contributed by atoms with Gasteiger partial charge in [0.05, 0.1) is 5.56 Å². The SMILES string of the molecule is C=C(C)CCC(N)c1cc(C(F)(F)F)ccc1F. The molecule has 0 aliphatic heterocycles. The van der Waals surface area contributed by atoms with E-state index >= 15 is 0 Å². The second-order valence-electron chi connectivity index (χ2n) is 4.34. The highest BCUT2D eigenvalue weighted by molar-refractivity contribution is 5.29. The first-order valence-corrected chi connectivity index (χ1v) is 5.48. The Hall–Kier alpha value is -1.36. The number of hydrogen-bond donors (Lipinski definition) is 1. The Labute approximate surface area is 103 Å². The van der Waals surface area contributed by atoms with E-state index in [9.17, 15) is 17.6 Å². The van der Waals surface area contributed by atoms with Gasteiger partial charge in [-0.15, -0.1) is 6.58 Å². The van der Waals surface area contributed by atoms with E-state index < -0.39 is 23.6 Å². The largest absolute Gasteiger partial charge is 0.416 e. The number of alkyl halides is 3. The molecule has 2 N–H and O–H groups in total. The summed E-state index contributed by atoms with van der Waals surface area (Å²) < 4.78 is 51.0. The van der Waals surface area contributed by atoms with Gasteiger partial charge < -0.3 is 5.73 Å². The lowest BCUT2D eigenvalue weighted by Crippen LogP contribution is -2.14. The second kappa shape index (κ2) is 5.52. The summed E-state index contributed by atoms with van der Waals surface area (Å²) in [5, 5.41) is 0. The first-order chi connectivity index (χ1) is 8.21.